The predicted octanol–water partition coefficient (Wildman–Crippen LogP) is 1.20. The number of carbonyl (C=O) groups is 3. The number of azide groups is 1. The predicted molar refractivity (Wildman–Crippen MR) is 115 cm³/mol. The van der Waals surface area contributed by atoms with Gasteiger partial charge in [0.1, 0.15) is 5.69 Å². The zero-order valence-electron chi connectivity index (χ0n) is 17.2. The second-order valence-electron chi connectivity index (χ2n) is 6.36. The number of hydrogen-bond donors (Lipinski definition) is 5. The average Bonchev–Trinajstić information content (AvgIpc) is 2.68. The van der Waals surface area contributed by atoms with Crippen molar-refractivity contribution in [1.82, 2.24) is 0 Å². The van der Waals surface area contributed by atoms with Gasteiger partial charge in [0, 0.05) is 29.6 Å². The van der Waals surface area contributed by atoms with E-state index in [9.17, 15) is 32.9 Å². The van der Waals surface area contributed by atoms with Crippen LogP contribution in [-0.4, -0.2) is 52.6 Å². The largest absolute Gasteiger partial charge is 0.481 e. The van der Waals surface area contributed by atoms with Crippen LogP contribution in [0.2, 0.25) is 0 Å². The highest BCUT2D eigenvalue weighted by molar-refractivity contribution is 7.87. The van der Waals surface area contributed by atoms with Gasteiger partial charge in [-0.1, -0.05) is 17.6 Å². The Balaban J connectivity index is 0.000000728. The molecule has 7 N–H and O–H groups in total. The maximum absolute atomic E-state index is 11.0. The van der Waals surface area contributed by atoms with Crippen molar-refractivity contribution in [3.63, 3.8) is 0 Å². The molecule has 1 unspecified atom stereocenters. The molecular formula is C16H23N7O9S. The van der Waals surface area contributed by atoms with Crippen LogP contribution in [0.25, 0.3) is 10.4 Å². The summed E-state index contributed by atoms with van der Waals surface area (Å²) < 4.78 is 29.1. The number of nitrogens with one attached hydrogen (secondary N) is 1. The highest BCUT2D eigenvalue weighted by Crippen LogP contribution is 2.29. The molecule has 0 aromatic heterocycles. The average molecular weight is 489 g/mol. The van der Waals surface area contributed by atoms with Gasteiger partial charge in [-0.05, 0) is 24.4 Å². The first-order valence-electron chi connectivity index (χ1n) is 9.12. The van der Waals surface area contributed by atoms with Crippen LogP contribution in [0, 0.1) is 10.1 Å². The summed E-state index contributed by atoms with van der Waals surface area (Å²) in [5.41, 5.74) is 17.9. The van der Waals surface area contributed by atoms with Gasteiger partial charge in [-0.2, -0.15) is 8.42 Å². The number of nitrogens with zero attached hydrogens (tertiary/aromatic N) is 4. The van der Waals surface area contributed by atoms with Crippen molar-refractivity contribution in [2.75, 3.05) is 11.9 Å². The first-order chi connectivity index (χ1) is 15.3. The summed E-state index contributed by atoms with van der Waals surface area (Å²) in [5, 5.41) is 23.7. The molecule has 2 amide bonds. The molecule has 1 rings (SSSR count). The second kappa shape index (κ2) is 14.2. The number of hydrogen-bond acceptors (Lipinski definition) is 9. The van der Waals surface area contributed by atoms with Crippen molar-refractivity contribution in [2.24, 2.45) is 16.6 Å². The number of benzene rings is 1. The van der Waals surface area contributed by atoms with Crippen LogP contribution in [0.15, 0.2) is 23.3 Å². The fourth-order valence-electron chi connectivity index (χ4n) is 2.27. The van der Waals surface area contributed by atoms with Crippen LogP contribution in [0.5, 0.6) is 0 Å². The van der Waals surface area contributed by atoms with E-state index < -0.39 is 44.5 Å². The minimum atomic E-state index is -4.63. The molecule has 0 saturated heterocycles. The molecule has 1 atom stereocenters. The van der Waals surface area contributed by atoms with Crippen molar-refractivity contribution >= 4 is 45.0 Å². The molecule has 33 heavy (non-hydrogen) atoms. The Labute approximate surface area is 187 Å². The van der Waals surface area contributed by atoms with Gasteiger partial charge in [0.15, 0.2) is 5.25 Å². The monoisotopic (exact) mass is 489 g/mol. The summed E-state index contributed by atoms with van der Waals surface area (Å²) >= 11 is 0. The van der Waals surface area contributed by atoms with Crippen LogP contribution in [0.1, 0.15) is 32.1 Å². The number of carbonyl (C=O) groups excluding carboxylic acids is 2. The van der Waals surface area contributed by atoms with E-state index in [-0.39, 0.29) is 17.8 Å². The standard InChI is InChI=1S/C12H15N5O4.C4H8N2O5S/c13-16-15-9-5-6-10(11(8-9)17(20)21)14-7-3-1-2-4-12(18)19;5-3(7)1-2(4(6)8)12(9,10)11/h5-6,8,14H,1-4,7H2,(H,18,19);2H,1H2,(H2,5,7)(H2,6,8)(H,9,10,11). The lowest BCUT2D eigenvalue weighted by molar-refractivity contribution is -0.383. The third kappa shape index (κ3) is 12.5. The number of unbranched alkanes of at least 4 members (excludes halogenated alkanes) is 2. The highest BCUT2D eigenvalue weighted by Gasteiger charge is 2.30. The summed E-state index contributed by atoms with van der Waals surface area (Å²) in [6.45, 7) is 0.501. The normalized spacial score (nSPS) is 11.2. The Morgan fingerprint density at radius 1 is 1.24 bits per heavy atom. The second-order valence-corrected chi connectivity index (χ2v) is 7.95. The number of aliphatic carboxylic acids is 1. The van der Waals surface area contributed by atoms with Gasteiger partial charge in [-0.3, -0.25) is 29.1 Å². The van der Waals surface area contributed by atoms with Gasteiger partial charge < -0.3 is 21.9 Å². The van der Waals surface area contributed by atoms with Crippen molar-refractivity contribution in [1.29, 1.82) is 0 Å². The SMILES string of the molecule is NC(=O)CC(C(N)=O)S(=O)(=O)O.[N-]=[N+]=Nc1ccc(NCCCCCC(=O)O)c([N+](=O)[O-])c1. The maximum Gasteiger partial charge on any atom is 0.303 e. The third-order valence-electron chi connectivity index (χ3n) is 3.78. The molecule has 0 heterocycles. The molecule has 0 bridgehead atoms. The lowest BCUT2D eigenvalue weighted by Crippen LogP contribution is -2.38. The maximum atomic E-state index is 11.0. The zero-order valence-corrected chi connectivity index (χ0v) is 18.0. The Morgan fingerprint density at radius 3 is 2.30 bits per heavy atom. The van der Waals surface area contributed by atoms with Gasteiger partial charge in [-0.15, -0.1) is 0 Å². The highest BCUT2D eigenvalue weighted by atomic mass is 32.2. The topological polar surface area (TPSA) is 282 Å². The smallest absolute Gasteiger partial charge is 0.303 e. The minimum Gasteiger partial charge on any atom is -0.481 e. The number of rotatable bonds is 13. The number of nitro groups is 1. The van der Waals surface area contributed by atoms with E-state index >= 15 is 0 Å². The molecule has 0 aliphatic heterocycles. The van der Waals surface area contributed by atoms with E-state index in [2.05, 4.69) is 26.8 Å². The van der Waals surface area contributed by atoms with Crippen LogP contribution in [0.4, 0.5) is 17.1 Å². The van der Waals surface area contributed by atoms with E-state index in [4.69, 9.17) is 15.2 Å². The van der Waals surface area contributed by atoms with Gasteiger partial charge in [0.2, 0.25) is 11.8 Å². The Bertz CT molecular complexity index is 1020. The van der Waals surface area contributed by atoms with Crippen LogP contribution >= 0.6 is 0 Å². The zero-order chi connectivity index (χ0) is 25.6. The van der Waals surface area contributed by atoms with Crippen molar-refractivity contribution in [3.05, 3.63) is 38.8 Å². The van der Waals surface area contributed by atoms with E-state index in [1.807, 2.05) is 0 Å². The molecular weight excluding hydrogens is 466 g/mol. The number of anilines is 1. The van der Waals surface area contributed by atoms with E-state index in [1.54, 1.807) is 0 Å². The van der Waals surface area contributed by atoms with E-state index in [0.29, 0.717) is 25.1 Å². The minimum absolute atomic E-state index is 0.126. The first-order valence-corrected chi connectivity index (χ1v) is 10.6. The van der Waals surface area contributed by atoms with Gasteiger partial charge in [0.25, 0.3) is 15.8 Å². The number of primary amides is 2. The number of amides is 2. The molecule has 1 aromatic rings. The number of nitrogens with two attached hydrogens (primary N) is 2. The van der Waals surface area contributed by atoms with E-state index in [1.165, 1.54) is 18.2 Å². The molecule has 0 saturated carbocycles. The third-order valence-corrected chi connectivity index (χ3v) is 4.90. The van der Waals surface area contributed by atoms with Crippen LogP contribution < -0.4 is 16.8 Å². The van der Waals surface area contributed by atoms with Crippen molar-refractivity contribution in [2.45, 2.75) is 37.4 Å². The Kier molecular flexibility index (Phi) is 12.5. The fraction of sp³-hybridized carbons (Fsp3) is 0.438. The van der Waals surface area contributed by atoms with Crippen molar-refractivity contribution in [3.8, 4) is 0 Å². The van der Waals surface area contributed by atoms with Gasteiger partial charge in [-0.25, -0.2) is 0 Å². The lowest BCUT2D eigenvalue weighted by atomic mass is 10.2. The number of carboxylic acid groups (broad SMARTS) is 1. The molecule has 0 radical (unpaired) electrons. The summed E-state index contributed by atoms with van der Waals surface area (Å²) in [6.07, 6.45) is 1.33. The Hall–Kier alpha value is -3.95. The molecule has 16 nitrogen and oxygen atoms in total. The number of nitro benzene ring substituents is 1. The van der Waals surface area contributed by atoms with Gasteiger partial charge in [0.05, 0.1) is 11.3 Å². The molecule has 182 valence electrons. The molecule has 17 heteroatoms. The molecule has 0 aliphatic rings. The molecule has 0 aliphatic carbocycles. The summed E-state index contributed by atoms with van der Waals surface area (Å²) in [6, 6.07) is 4.17. The molecule has 0 fully saturated rings. The number of carboxylic acids is 1. The molecule has 0 spiro atoms. The molecule has 1 aromatic carbocycles. The van der Waals surface area contributed by atoms with Crippen molar-refractivity contribution < 1.29 is 37.4 Å². The summed E-state index contributed by atoms with van der Waals surface area (Å²) in [7, 11) is -4.63. The van der Waals surface area contributed by atoms with Crippen LogP contribution in [-0.2, 0) is 24.5 Å². The lowest BCUT2D eigenvalue weighted by Gasteiger charge is -2.07. The first kappa shape index (κ1) is 29.1. The summed E-state index contributed by atoms with van der Waals surface area (Å²) in [4.78, 5) is 43.9. The van der Waals surface area contributed by atoms with Gasteiger partial charge >= 0.3 is 5.97 Å². The fourth-order valence-corrected chi connectivity index (χ4v) is 2.94. The quantitative estimate of drug-likeness (QED) is 0.0501. The summed E-state index contributed by atoms with van der Waals surface area (Å²) in [5.74, 6) is -3.17. The Morgan fingerprint density at radius 2 is 1.88 bits per heavy atom. The van der Waals surface area contributed by atoms with Crippen LogP contribution in [0.3, 0.4) is 0 Å². The van der Waals surface area contributed by atoms with E-state index in [0.717, 1.165) is 6.42 Å².